The Morgan fingerprint density at radius 1 is 1.33 bits per heavy atom. The number of hydrogen-bond acceptors (Lipinski definition) is 9. The number of rotatable bonds is 7. The van der Waals surface area contributed by atoms with Crippen molar-refractivity contribution in [2.24, 2.45) is 5.92 Å². The van der Waals surface area contributed by atoms with E-state index in [1.807, 2.05) is 0 Å². The quantitative estimate of drug-likeness (QED) is 0.393. The number of piperidine rings is 1. The number of aromatic carboxylic acids is 1. The van der Waals surface area contributed by atoms with Gasteiger partial charge in [0.25, 0.3) is 0 Å². The standard InChI is InChI=1S/C19H21N5O6/c1-2-30-19(27)13-4-3-9-23(10-13)17-15(24(28)29)16(20-11-21-17)22-14-7-5-12(6-8-14)18(25)26/h5-8,11,13H,2-4,9-10H2,1H3,(H,25,26)(H,20,21,22). The summed E-state index contributed by atoms with van der Waals surface area (Å²) in [6, 6.07) is 5.75. The Labute approximate surface area is 171 Å². The van der Waals surface area contributed by atoms with Crippen molar-refractivity contribution in [3.05, 3.63) is 46.3 Å². The van der Waals surface area contributed by atoms with Crippen LogP contribution in [0.25, 0.3) is 0 Å². The molecule has 1 saturated heterocycles. The molecule has 1 aliphatic rings. The molecule has 11 nitrogen and oxygen atoms in total. The molecule has 2 heterocycles. The molecule has 0 aliphatic carbocycles. The maximum Gasteiger partial charge on any atom is 0.353 e. The fourth-order valence-corrected chi connectivity index (χ4v) is 3.32. The van der Waals surface area contributed by atoms with Crippen molar-refractivity contribution in [3.63, 3.8) is 0 Å². The lowest BCUT2D eigenvalue weighted by molar-refractivity contribution is -0.383. The van der Waals surface area contributed by atoms with Crippen LogP contribution in [0.15, 0.2) is 30.6 Å². The fourth-order valence-electron chi connectivity index (χ4n) is 3.32. The van der Waals surface area contributed by atoms with Crippen LogP contribution in [0.1, 0.15) is 30.1 Å². The van der Waals surface area contributed by atoms with Crippen LogP contribution in [-0.2, 0) is 9.53 Å². The number of esters is 1. The highest BCUT2D eigenvalue weighted by atomic mass is 16.6. The molecule has 1 aromatic heterocycles. The van der Waals surface area contributed by atoms with E-state index in [1.165, 1.54) is 30.6 Å². The van der Waals surface area contributed by atoms with E-state index in [2.05, 4.69) is 15.3 Å². The molecular formula is C19H21N5O6. The van der Waals surface area contributed by atoms with Crippen molar-refractivity contribution in [2.75, 3.05) is 29.9 Å². The third kappa shape index (κ3) is 4.62. The van der Waals surface area contributed by atoms with E-state index in [9.17, 15) is 19.7 Å². The van der Waals surface area contributed by atoms with Crippen molar-refractivity contribution in [3.8, 4) is 0 Å². The SMILES string of the molecule is CCOC(=O)C1CCCN(c2ncnc(Nc3ccc(C(=O)O)cc3)c2[N+](=O)[O-])C1. The first kappa shape index (κ1) is 21.0. The predicted octanol–water partition coefficient (Wildman–Crippen LogP) is 2.61. The minimum atomic E-state index is -1.07. The van der Waals surface area contributed by atoms with Crippen molar-refractivity contribution < 1.29 is 24.4 Å². The molecule has 1 aliphatic heterocycles. The van der Waals surface area contributed by atoms with E-state index in [0.717, 1.165) is 0 Å². The Hall–Kier alpha value is -3.76. The summed E-state index contributed by atoms with van der Waals surface area (Å²) in [6.07, 6.45) is 2.53. The van der Waals surface area contributed by atoms with Crippen LogP contribution >= 0.6 is 0 Å². The van der Waals surface area contributed by atoms with E-state index in [4.69, 9.17) is 9.84 Å². The van der Waals surface area contributed by atoms with Gasteiger partial charge in [0.1, 0.15) is 6.33 Å². The van der Waals surface area contributed by atoms with Gasteiger partial charge in [-0.15, -0.1) is 0 Å². The molecular weight excluding hydrogens is 394 g/mol. The van der Waals surface area contributed by atoms with E-state index >= 15 is 0 Å². The molecule has 0 radical (unpaired) electrons. The average molecular weight is 415 g/mol. The summed E-state index contributed by atoms with van der Waals surface area (Å²) in [5, 5.41) is 23.7. The number of ether oxygens (including phenoxy) is 1. The molecule has 1 unspecified atom stereocenters. The van der Waals surface area contributed by atoms with Gasteiger partial charge in [-0.3, -0.25) is 14.9 Å². The summed E-state index contributed by atoms with van der Waals surface area (Å²) in [5.41, 5.74) is 0.219. The molecule has 1 aromatic carbocycles. The Morgan fingerprint density at radius 2 is 2.07 bits per heavy atom. The van der Waals surface area contributed by atoms with Crippen molar-refractivity contribution in [1.82, 2.24) is 9.97 Å². The van der Waals surface area contributed by atoms with Crippen LogP contribution in [0, 0.1) is 16.0 Å². The van der Waals surface area contributed by atoms with E-state index in [-0.39, 0.29) is 47.9 Å². The average Bonchev–Trinajstić information content (AvgIpc) is 2.74. The molecule has 11 heteroatoms. The van der Waals surface area contributed by atoms with E-state index in [1.54, 1.807) is 11.8 Å². The van der Waals surface area contributed by atoms with Crippen molar-refractivity contribution in [2.45, 2.75) is 19.8 Å². The number of benzene rings is 1. The van der Waals surface area contributed by atoms with Crippen LogP contribution in [0.2, 0.25) is 0 Å². The minimum Gasteiger partial charge on any atom is -0.478 e. The second kappa shape index (κ2) is 9.16. The first-order valence-corrected chi connectivity index (χ1v) is 9.42. The number of aromatic nitrogens is 2. The van der Waals surface area contributed by atoms with Crippen molar-refractivity contribution in [1.29, 1.82) is 0 Å². The van der Waals surface area contributed by atoms with Gasteiger partial charge in [-0.2, -0.15) is 0 Å². The zero-order valence-electron chi connectivity index (χ0n) is 16.3. The van der Waals surface area contributed by atoms with Gasteiger partial charge in [0.2, 0.25) is 11.6 Å². The Kier molecular flexibility index (Phi) is 6.40. The topological polar surface area (TPSA) is 148 Å². The third-order valence-corrected chi connectivity index (χ3v) is 4.72. The molecule has 0 amide bonds. The normalized spacial score (nSPS) is 16.0. The van der Waals surface area contributed by atoms with Gasteiger partial charge in [-0.25, -0.2) is 14.8 Å². The molecule has 30 heavy (non-hydrogen) atoms. The molecule has 0 bridgehead atoms. The molecule has 1 fully saturated rings. The molecule has 2 aromatic rings. The summed E-state index contributed by atoms with van der Waals surface area (Å²) < 4.78 is 5.09. The number of nitrogens with zero attached hydrogens (tertiary/aromatic N) is 4. The van der Waals surface area contributed by atoms with Gasteiger partial charge < -0.3 is 20.1 Å². The number of carboxylic acids is 1. The van der Waals surface area contributed by atoms with Gasteiger partial charge in [0, 0.05) is 18.8 Å². The maximum atomic E-state index is 12.1. The van der Waals surface area contributed by atoms with Gasteiger partial charge in [0.05, 0.1) is 23.0 Å². The smallest absolute Gasteiger partial charge is 0.353 e. The van der Waals surface area contributed by atoms with Crippen LogP contribution in [-0.4, -0.2) is 51.6 Å². The van der Waals surface area contributed by atoms with E-state index < -0.39 is 10.9 Å². The zero-order valence-corrected chi connectivity index (χ0v) is 16.3. The number of carbonyl (C=O) groups is 2. The summed E-state index contributed by atoms with van der Waals surface area (Å²) >= 11 is 0. The van der Waals surface area contributed by atoms with Crippen LogP contribution in [0.5, 0.6) is 0 Å². The predicted molar refractivity (Wildman–Crippen MR) is 107 cm³/mol. The Morgan fingerprint density at radius 3 is 2.70 bits per heavy atom. The van der Waals surface area contributed by atoms with Crippen LogP contribution in [0.4, 0.5) is 23.0 Å². The second-order valence-corrected chi connectivity index (χ2v) is 6.70. The highest BCUT2D eigenvalue weighted by Crippen LogP contribution is 2.35. The highest BCUT2D eigenvalue weighted by molar-refractivity contribution is 5.88. The number of carbonyl (C=O) groups excluding carboxylic acids is 1. The van der Waals surface area contributed by atoms with Gasteiger partial charge in [-0.05, 0) is 44.0 Å². The summed E-state index contributed by atoms with van der Waals surface area (Å²) in [4.78, 5) is 44.1. The molecule has 158 valence electrons. The second-order valence-electron chi connectivity index (χ2n) is 6.70. The molecule has 0 spiro atoms. The fraction of sp³-hybridized carbons (Fsp3) is 0.368. The van der Waals surface area contributed by atoms with Crippen molar-refractivity contribution >= 4 is 34.9 Å². The zero-order chi connectivity index (χ0) is 21.7. The largest absolute Gasteiger partial charge is 0.478 e. The van der Waals surface area contributed by atoms with Crippen LogP contribution in [0.3, 0.4) is 0 Å². The monoisotopic (exact) mass is 415 g/mol. The molecule has 1 atom stereocenters. The molecule has 2 N–H and O–H groups in total. The van der Waals surface area contributed by atoms with Crippen LogP contribution < -0.4 is 10.2 Å². The summed E-state index contributed by atoms with van der Waals surface area (Å²) in [7, 11) is 0. The Balaban J connectivity index is 1.88. The third-order valence-electron chi connectivity index (χ3n) is 4.72. The number of anilines is 3. The lowest BCUT2D eigenvalue weighted by atomic mass is 9.98. The Bertz CT molecular complexity index is 949. The number of nitro groups is 1. The first-order valence-electron chi connectivity index (χ1n) is 9.42. The number of carboxylic acid groups (broad SMARTS) is 1. The molecule has 3 rings (SSSR count). The maximum absolute atomic E-state index is 12.1. The van der Waals surface area contributed by atoms with E-state index in [0.29, 0.717) is 25.1 Å². The van der Waals surface area contributed by atoms with Gasteiger partial charge in [-0.1, -0.05) is 0 Å². The number of hydrogen-bond donors (Lipinski definition) is 2. The number of nitrogens with one attached hydrogen (secondary N) is 1. The lowest BCUT2D eigenvalue weighted by Crippen LogP contribution is -2.40. The summed E-state index contributed by atoms with van der Waals surface area (Å²) in [5.74, 6) is -1.68. The molecule has 0 saturated carbocycles. The summed E-state index contributed by atoms with van der Waals surface area (Å²) in [6.45, 7) is 2.79. The highest BCUT2D eigenvalue weighted by Gasteiger charge is 2.33. The lowest BCUT2D eigenvalue weighted by Gasteiger charge is -2.32. The minimum absolute atomic E-state index is 0.0219. The van der Waals surface area contributed by atoms with Gasteiger partial charge >= 0.3 is 17.6 Å². The first-order chi connectivity index (χ1) is 14.4. The van der Waals surface area contributed by atoms with Gasteiger partial charge in [0.15, 0.2) is 0 Å².